The fourth-order valence-corrected chi connectivity index (χ4v) is 8.63. The molecule has 18 heteroatoms. The van der Waals surface area contributed by atoms with Gasteiger partial charge in [0.1, 0.15) is 0 Å². The number of fused-ring (bicyclic) bond motifs is 4. The van der Waals surface area contributed by atoms with Crippen LogP contribution in [0.4, 0.5) is 19.0 Å². The molecule has 1 saturated carbocycles. The van der Waals surface area contributed by atoms with Gasteiger partial charge in [-0.2, -0.15) is 18.2 Å². The monoisotopic (exact) mass is 808 g/mol. The first-order valence-corrected chi connectivity index (χ1v) is 17.8. The molecule has 2 aromatic heterocycles. The third kappa shape index (κ3) is 5.41. The molecule has 1 saturated heterocycles. The first-order valence-electron chi connectivity index (χ1n) is 17.0. The number of nitrogens with zero attached hydrogens (tertiary/aromatic N) is 5. The van der Waals surface area contributed by atoms with Crippen LogP contribution in [0.5, 0.6) is 17.2 Å². The maximum Gasteiger partial charge on any atom is 0.417 e. The van der Waals surface area contributed by atoms with Gasteiger partial charge in [0.2, 0.25) is 5.75 Å². The van der Waals surface area contributed by atoms with Gasteiger partial charge in [0, 0.05) is 17.1 Å². The number of benzene rings is 3. The lowest BCUT2D eigenvalue weighted by molar-refractivity contribution is -0.139. The zero-order valence-electron chi connectivity index (χ0n) is 29.3. The van der Waals surface area contributed by atoms with Gasteiger partial charge in [0.05, 0.1) is 54.4 Å². The number of rotatable bonds is 7. The first-order chi connectivity index (χ1) is 26.7. The van der Waals surface area contributed by atoms with Crippen molar-refractivity contribution in [3.8, 4) is 22.9 Å². The van der Waals surface area contributed by atoms with Crippen molar-refractivity contribution in [3.05, 3.63) is 138 Å². The predicted octanol–water partition coefficient (Wildman–Crippen LogP) is 5.86. The van der Waals surface area contributed by atoms with Crippen molar-refractivity contribution in [2.75, 3.05) is 19.6 Å². The predicted molar refractivity (Wildman–Crippen MR) is 196 cm³/mol. The van der Waals surface area contributed by atoms with Gasteiger partial charge in [0.15, 0.2) is 17.3 Å². The summed E-state index contributed by atoms with van der Waals surface area (Å²) < 4.78 is 55.1. The highest BCUT2D eigenvalue weighted by atomic mass is 35.5. The number of aromatic nitrogens is 4. The van der Waals surface area contributed by atoms with Crippen LogP contribution in [0.3, 0.4) is 0 Å². The van der Waals surface area contributed by atoms with Crippen molar-refractivity contribution >= 4 is 40.8 Å². The van der Waals surface area contributed by atoms with Gasteiger partial charge in [0.25, 0.3) is 11.8 Å². The number of ether oxygens (including phenoxy) is 2. The van der Waals surface area contributed by atoms with E-state index in [4.69, 9.17) is 32.7 Å². The van der Waals surface area contributed by atoms with E-state index in [0.717, 1.165) is 4.57 Å². The van der Waals surface area contributed by atoms with Gasteiger partial charge < -0.3 is 14.6 Å². The molecule has 3 aliphatic rings. The van der Waals surface area contributed by atoms with Crippen LogP contribution in [0, 0.1) is 5.92 Å². The van der Waals surface area contributed by atoms with Crippen molar-refractivity contribution in [2.24, 2.45) is 5.92 Å². The molecule has 56 heavy (non-hydrogen) atoms. The molecular formula is C38H29Cl2F3N6O7. The van der Waals surface area contributed by atoms with E-state index in [1.807, 2.05) is 0 Å². The number of imide groups is 1. The van der Waals surface area contributed by atoms with Gasteiger partial charge in [-0.05, 0) is 65.6 Å². The lowest BCUT2D eigenvalue weighted by Crippen LogP contribution is -2.53. The van der Waals surface area contributed by atoms with Gasteiger partial charge in [-0.15, -0.1) is 0 Å². The van der Waals surface area contributed by atoms with E-state index in [2.05, 4.69) is 10.4 Å². The van der Waals surface area contributed by atoms with E-state index in [1.54, 1.807) is 60.7 Å². The first kappa shape index (κ1) is 36.9. The number of nitrogens with one attached hydrogen (secondary N) is 1. The molecule has 0 spiro atoms. The van der Waals surface area contributed by atoms with Crippen LogP contribution in [0.1, 0.15) is 35.1 Å². The van der Waals surface area contributed by atoms with Gasteiger partial charge in [-0.25, -0.2) is 28.5 Å². The molecule has 3 aromatic carbocycles. The summed E-state index contributed by atoms with van der Waals surface area (Å²) in [4.78, 5) is 62.3. The van der Waals surface area contributed by atoms with E-state index < -0.39 is 69.1 Å². The average molecular weight is 810 g/mol. The minimum atomic E-state index is -4.77. The number of carbonyl (C=O) groups excluding carboxylic acids is 2. The van der Waals surface area contributed by atoms with E-state index in [-0.39, 0.29) is 30.2 Å². The number of amides is 2. The van der Waals surface area contributed by atoms with Crippen molar-refractivity contribution in [3.63, 3.8) is 0 Å². The van der Waals surface area contributed by atoms with Gasteiger partial charge in [-0.1, -0.05) is 59.6 Å². The Morgan fingerprint density at radius 3 is 2.20 bits per heavy atom. The van der Waals surface area contributed by atoms with Crippen LogP contribution >= 0.6 is 23.2 Å². The van der Waals surface area contributed by atoms with Crippen LogP contribution in [-0.4, -0.2) is 55.1 Å². The van der Waals surface area contributed by atoms with Crippen molar-refractivity contribution in [2.45, 2.75) is 36.5 Å². The topological polar surface area (TPSA) is 150 Å². The second-order valence-corrected chi connectivity index (χ2v) is 14.2. The standard InChI is InChI=1S/C38H29Cl2F3N6O7/c1-55-28-14-19(15-29(56-2)31(28)50)30-24-12-13-46-35(53)47(23-6-4-3-5-7-23)36(54)49(46)27(24)17-25-33(51)48(34(52)37(25,30)20-8-10-22(39)11-9-20)45-32-26(40)16-21(18-44-32)38(41,42)43/h3-12,14-16,18,25,27,30,50H,13,17H2,1-2H3,(H,44,45)/t25-,27+,30-,37+/m0/s1. The summed E-state index contributed by atoms with van der Waals surface area (Å²) in [6.45, 7) is -0.0981. The van der Waals surface area contributed by atoms with Crippen LogP contribution in [-0.2, 0) is 27.7 Å². The molecule has 288 valence electrons. The number of phenolic OH excluding ortho intramolecular Hbond substituents is 1. The molecular weight excluding hydrogens is 780 g/mol. The molecule has 1 aliphatic carbocycles. The molecule has 8 rings (SSSR count). The van der Waals surface area contributed by atoms with Crippen LogP contribution in [0.15, 0.2) is 100 Å². The number of para-hydroxylation sites is 1. The summed E-state index contributed by atoms with van der Waals surface area (Å²) in [6.07, 6.45) is -2.72. The number of phenols is 1. The highest BCUT2D eigenvalue weighted by molar-refractivity contribution is 6.33. The quantitative estimate of drug-likeness (QED) is 0.152. The fraction of sp³-hybridized carbons (Fsp3) is 0.237. The van der Waals surface area contributed by atoms with Crippen molar-refractivity contribution in [1.82, 2.24) is 23.9 Å². The maximum atomic E-state index is 15.4. The molecule has 0 radical (unpaired) electrons. The second-order valence-electron chi connectivity index (χ2n) is 13.4. The Morgan fingerprint density at radius 1 is 0.929 bits per heavy atom. The SMILES string of the molecule is COc1cc([C@H]2C3=CCn4c(=O)n(-c5ccccc5)c(=O)n4[C@@H]3C[C@H]3C(=O)N(Nc4ncc(C(F)(F)F)cc4Cl)C(=O)[C@@]23c2ccc(Cl)cc2)cc(OC)c1O. The number of alkyl halides is 3. The highest BCUT2D eigenvalue weighted by Crippen LogP contribution is 2.62. The summed E-state index contributed by atoms with van der Waals surface area (Å²) in [7, 11) is 2.64. The Bertz CT molecular complexity index is 2560. The smallest absolute Gasteiger partial charge is 0.417 e. The summed E-state index contributed by atoms with van der Waals surface area (Å²) in [6, 6.07) is 17.2. The Labute approximate surface area is 324 Å². The summed E-state index contributed by atoms with van der Waals surface area (Å²) in [5, 5.41) is 11.4. The Balaban J connectivity index is 1.39. The Kier molecular flexibility index (Phi) is 8.80. The number of allylic oxidation sites excluding steroid dienone is 2. The molecule has 0 bridgehead atoms. The Hall–Kier alpha value is -6.00. The minimum Gasteiger partial charge on any atom is -0.502 e. The van der Waals surface area contributed by atoms with Crippen molar-refractivity contribution in [1.29, 1.82) is 0 Å². The third-order valence-corrected chi connectivity index (χ3v) is 11.2. The summed E-state index contributed by atoms with van der Waals surface area (Å²) in [5.41, 5.74) is -0.288. The number of carbonyl (C=O) groups is 2. The Morgan fingerprint density at radius 2 is 1.59 bits per heavy atom. The summed E-state index contributed by atoms with van der Waals surface area (Å²) >= 11 is 12.6. The molecule has 4 heterocycles. The lowest BCUT2D eigenvalue weighted by Gasteiger charge is -2.49. The largest absolute Gasteiger partial charge is 0.502 e. The second kappa shape index (κ2) is 13.3. The fourth-order valence-electron chi connectivity index (χ4n) is 8.30. The van der Waals surface area contributed by atoms with Crippen LogP contribution in [0.25, 0.3) is 5.69 Å². The maximum absolute atomic E-state index is 15.4. The normalized spacial score (nSPS) is 21.6. The number of hydrazine groups is 1. The highest BCUT2D eigenvalue weighted by Gasteiger charge is 2.69. The minimum absolute atomic E-state index is 0.0301. The number of methoxy groups -OCH3 is 2. The van der Waals surface area contributed by atoms with E-state index >= 15 is 4.79 Å². The number of pyridine rings is 1. The molecule has 2 aliphatic heterocycles. The molecule has 2 N–H and O–H groups in total. The molecule has 5 aromatic rings. The van der Waals surface area contributed by atoms with Gasteiger partial charge in [-0.3, -0.25) is 15.0 Å². The summed E-state index contributed by atoms with van der Waals surface area (Å²) in [5.74, 6) is -4.90. The lowest BCUT2D eigenvalue weighted by atomic mass is 9.53. The van der Waals surface area contributed by atoms with Crippen LogP contribution in [0.2, 0.25) is 10.0 Å². The number of aromatic hydroxyl groups is 1. The number of hydrogen-bond acceptors (Lipinski definition) is 9. The zero-order valence-corrected chi connectivity index (χ0v) is 30.8. The number of anilines is 1. The van der Waals surface area contributed by atoms with Crippen molar-refractivity contribution < 1.29 is 37.3 Å². The molecule has 2 fully saturated rings. The van der Waals surface area contributed by atoms with Gasteiger partial charge >= 0.3 is 17.6 Å². The molecule has 0 unspecified atom stereocenters. The van der Waals surface area contributed by atoms with Crippen LogP contribution < -0.4 is 26.3 Å². The number of halogens is 5. The molecule has 4 atom stereocenters. The van der Waals surface area contributed by atoms with E-state index in [0.29, 0.717) is 44.7 Å². The van der Waals surface area contributed by atoms with E-state index in [9.17, 15) is 32.7 Å². The molecule has 2 amide bonds. The third-order valence-electron chi connectivity index (χ3n) is 10.7. The molecule has 13 nitrogen and oxygen atoms in total. The average Bonchev–Trinajstić information content (AvgIpc) is 3.56. The van der Waals surface area contributed by atoms with E-state index in [1.165, 1.54) is 35.7 Å². The zero-order chi connectivity index (χ0) is 39.8. The number of hydrogen-bond donors (Lipinski definition) is 2.